The van der Waals surface area contributed by atoms with Gasteiger partial charge in [0.05, 0.1) is 16.2 Å². The van der Waals surface area contributed by atoms with Gasteiger partial charge < -0.3 is 10.2 Å². The first-order valence-corrected chi connectivity index (χ1v) is 8.15. The molecule has 1 aliphatic heterocycles. The van der Waals surface area contributed by atoms with Crippen molar-refractivity contribution in [1.82, 2.24) is 4.31 Å². The summed E-state index contributed by atoms with van der Waals surface area (Å²) < 4.78 is 26.0. The molecule has 1 aliphatic rings. The van der Waals surface area contributed by atoms with Gasteiger partial charge in [-0.2, -0.15) is 4.31 Å². The molecule has 0 radical (unpaired) electrons. The minimum atomic E-state index is -3.92. The number of aliphatic hydroxyl groups is 1. The minimum absolute atomic E-state index is 0.0272. The summed E-state index contributed by atoms with van der Waals surface area (Å²) in [6, 6.07) is 3.52. The number of benzene rings is 1. The quantitative estimate of drug-likeness (QED) is 0.869. The zero-order valence-corrected chi connectivity index (χ0v) is 13.1. The normalized spacial score (nSPS) is 18.5. The van der Waals surface area contributed by atoms with Gasteiger partial charge in [-0.15, -0.1) is 0 Å². The number of rotatable bonds is 4. The van der Waals surface area contributed by atoms with Crippen LogP contribution in [0.15, 0.2) is 23.1 Å². The van der Waals surface area contributed by atoms with Crippen molar-refractivity contribution in [1.29, 1.82) is 0 Å². The van der Waals surface area contributed by atoms with Crippen molar-refractivity contribution in [2.24, 2.45) is 5.92 Å². The molecule has 0 unspecified atom stereocenters. The number of nitrogens with zero attached hydrogens (tertiary/aromatic N) is 1. The van der Waals surface area contributed by atoms with Gasteiger partial charge in [-0.25, -0.2) is 13.2 Å². The largest absolute Gasteiger partial charge is 0.478 e. The monoisotopic (exact) mass is 333 g/mol. The first-order chi connectivity index (χ1) is 9.58. The molecule has 1 heterocycles. The molecular formula is C13H16ClNO5S. The highest BCUT2D eigenvalue weighted by Gasteiger charge is 2.49. The topological polar surface area (TPSA) is 94.9 Å². The fourth-order valence-corrected chi connectivity index (χ4v) is 4.14. The van der Waals surface area contributed by atoms with Crippen LogP contribution >= 0.6 is 11.6 Å². The van der Waals surface area contributed by atoms with Gasteiger partial charge in [0.25, 0.3) is 0 Å². The average molecular weight is 334 g/mol. The lowest BCUT2D eigenvalue weighted by Gasteiger charge is -2.47. The van der Waals surface area contributed by atoms with Gasteiger partial charge in [0.1, 0.15) is 4.90 Å². The van der Waals surface area contributed by atoms with E-state index in [1.165, 1.54) is 12.1 Å². The predicted octanol–water partition coefficient (Wildman–Crippen LogP) is 1.43. The Morgan fingerprint density at radius 2 is 1.95 bits per heavy atom. The van der Waals surface area contributed by atoms with E-state index in [1.807, 2.05) is 13.8 Å². The maximum absolute atomic E-state index is 12.5. The summed E-state index contributed by atoms with van der Waals surface area (Å²) in [7, 11) is -3.92. The molecule has 6 nitrogen and oxygen atoms in total. The molecule has 0 amide bonds. The van der Waals surface area contributed by atoms with E-state index in [4.69, 9.17) is 16.7 Å². The maximum atomic E-state index is 12.5. The van der Waals surface area contributed by atoms with Crippen molar-refractivity contribution in [3.8, 4) is 0 Å². The third kappa shape index (κ3) is 2.78. The van der Waals surface area contributed by atoms with Gasteiger partial charge >= 0.3 is 5.97 Å². The Kier molecular flexibility index (Phi) is 4.05. The van der Waals surface area contributed by atoms with Gasteiger partial charge in [0.15, 0.2) is 0 Å². The molecule has 1 fully saturated rings. The van der Waals surface area contributed by atoms with Crippen LogP contribution in [0.1, 0.15) is 24.2 Å². The lowest BCUT2D eigenvalue weighted by atomic mass is 9.85. The van der Waals surface area contributed by atoms with Crippen molar-refractivity contribution in [3.63, 3.8) is 0 Å². The Balaban J connectivity index is 2.34. The average Bonchev–Trinajstić information content (AvgIpc) is 2.34. The minimum Gasteiger partial charge on any atom is -0.478 e. The predicted molar refractivity (Wildman–Crippen MR) is 77.0 cm³/mol. The van der Waals surface area contributed by atoms with Gasteiger partial charge in [-0.3, -0.25) is 0 Å². The van der Waals surface area contributed by atoms with E-state index < -0.39 is 21.6 Å². The van der Waals surface area contributed by atoms with E-state index in [9.17, 15) is 18.3 Å². The Labute approximate surface area is 128 Å². The number of carboxylic acids is 1. The fraction of sp³-hybridized carbons (Fsp3) is 0.462. The molecule has 2 rings (SSSR count). The molecule has 0 aromatic heterocycles. The second-order valence-electron chi connectivity index (χ2n) is 5.48. The molecule has 0 bridgehead atoms. The van der Waals surface area contributed by atoms with Crippen LogP contribution in [0.4, 0.5) is 0 Å². The maximum Gasteiger partial charge on any atom is 0.335 e. The first-order valence-electron chi connectivity index (χ1n) is 6.33. The van der Waals surface area contributed by atoms with Gasteiger partial charge in [-0.05, 0) is 24.1 Å². The van der Waals surface area contributed by atoms with E-state index in [-0.39, 0.29) is 34.5 Å². The molecule has 1 aromatic carbocycles. The SMILES string of the molecule is CC(C)C1(O)CN(S(=O)(=O)c2cc(C(=O)O)ccc2Cl)C1. The number of hydrogen-bond donors (Lipinski definition) is 2. The molecule has 0 saturated carbocycles. The molecular weight excluding hydrogens is 318 g/mol. The summed E-state index contributed by atoms with van der Waals surface area (Å²) in [5.41, 5.74) is -1.21. The van der Waals surface area contributed by atoms with Crippen molar-refractivity contribution in [2.75, 3.05) is 13.1 Å². The van der Waals surface area contributed by atoms with E-state index in [0.29, 0.717) is 0 Å². The number of β-amino-alcohol motifs (C(OH)–C–C–N with tert-alkyl or cyclic N) is 1. The molecule has 2 N–H and O–H groups in total. The molecule has 1 saturated heterocycles. The van der Waals surface area contributed by atoms with E-state index in [2.05, 4.69) is 0 Å². The number of sulfonamides is 1. The van der Waals surface area contributed by atoms with Crippen molar-refractivity contribution in [3.05, 3.63) is 28.8 Å². The van der Waals surface area contributed by atoms with Crippen LogP contribution in [-0.4, -0.2) is 47.6 Å². The number of halogens is 1. The molecule has 0 aliphatic carbocycles. The standard InChI is InChI=1S/C13H16ClNO5S/c1-8(2)13(18)6-15(7-13)21(19,20)11-5-9(12(16)17)3-4-10(11)14/h3-5,8,18H,6-7H2,1-2H3,(H,16,17). The first kappa shape index (κ1) is 16.2. The van der Waals surface area contributed by atoms with Crippen LogP contribution < -0.4 is 0 Å². The lowest BCUT2D eigenvalue weighted by Crippen LogP contribution is -2.65. The smallest absolute Gasteiger partial charge is 0.335 e. The van der Waals surface area contributed by atoms with Crippen LogP contribution in [0.5, 0.6) is 0 Å². The molecule has 1 aromatic rings. The van der Waals surface area contributed by atoms with Gasteiger partial charge in [-0.1, -0.05) is 25.4 Å². The fourth-order valence-electron chi connectivity index (χ4n) is 2.07. The van der Waals surface area contributed by atoms with Crippen LogP contribution in [0.3, 0.4) is 0 Å². The number of carboxylic acid groups (broad SMARTS) is 1. The summed E-state index contributed by atoms with van der Waals surface area (Å²) in [6.45, 7) is 3.56. The number of carbonyl (C=O) groups is 1. The van der Waals surface area contributed by atoms with E-state index >= 15 is 0 Å². The summed E-state index contributed by atoms with van der Waals surface area (Å²) in [6.07, 6.45) is 0. The van der Waals surface area contributed by atoms with E-state index in [0.717, 1.165) is 10.4 Å². The zero-order chi connectivity index (χ0) is 16.0. The molecule has 21 heavy (non-hydrogen) atoms. The van der Waals surface area contributed by atoms with Crippen LogP contribution in [0, 0.1) is 5.92 Å². The zero-order valence-electron chi connectivity index (χ0n) is 11.6. The van der Waals surface area contributed by atoms with Crippen LogP contribution in [-0.2, 0) is 10.0 Å². The second kappa shape index (κ2) is 5.24. The van der Waals surface area contributed by atoms with Crippen molar-refractivity contribution < 1.29 is 23.4 Å². The summed E-state index contributed by atoms with van der Waals surface area (Å²) in [5, 5.41) is 19.0. The van der Waals surface area contributed by atoms with Crippen LogP contribution in [0.2, 0.25) is 5.02 Å². The van der Waals surface area contributed by atoms with Gasteiger partial charge in [0.2, 0.25) is 10.0 Å². The summed E-state index contributed by atoms with van der Waals surface area (Å²) in [5.74, 6) is -1.31. The van der Waals surface area contributed by atoms with Crippen LogP contribution in [0.25, 0.3) is 0 Å². The highest BCUT2D eigenvalue weighted by molar-refractivity contribution is 7.89. The lowest BCUT2D eigenvalue weighted by molar-refractivity contribution is -0.0932. The number of hydrogen-bond acceptors (Lipinski definition) is 4. The third-order valence-electron chi connectivity index (χ3n) is 3.77. The summed E-state index contributed by atoms with van der Waals surface area (Å²) >= 11 is 5.88. The Bertz CT molecular complexity index is 680. The Morgan fingerprint density at radius 1 is 1.38 bits per heavy atom. The molecule has 0 spiro atoms. The highest BCUT2D eigenvalue weighted by Crippen LogP contribution is 2.35. The second-order valence-corrected chi connectivity index (χ2v) is 7.80. The number of aromatic carboxylic acids is 1. The highest BCUT2D eigenvalue weighted by atomic mass is 35.5. The Hall–Kier alpha value is -1.15. The van der Waals surface area contributed by atoms with E-state index in [1.54, 1.807) is 0 Å². The molecule has 0 atom stereocenters. The summed E-state index contributed by atoms with van der Waals surface area (Å²) in [4.78, 5) is 10.7. The molecule has 8 heteroatoms. The Morgan fingerprint density at radius 3 is 2.43 bits per heavy atom. The van der Waals surface area contributed by atoms with Gasteiger partial charge in [0, 0.05) is 13.1 Å². The molecule has 116 valence electrons. The third-order valence-corrected chi connectivity index (χ3v) is 6.04. The van der Waals surface area contributed by atoms with Crippen molar-refractivity contribution >= 4 is 27.6 Å². The van der Waals surface area contributed by atoms with Crippen molar-refractivity contribution in [2.45, 2.75) is 24.3 Å².